The third-order valence-electron chi connectivity index (χ3n) is 0.492. The Bertz CT molecular complexity index is 18.9. The fourth-order valence-corrected chi connectivity index (χ4v) is 0.167. The van der Waals surface area contributed by atoms with Crippen molar-refractivity contribution in [2.45, 2.75) is 0 Å². The Hall–Kier alpha value is -0.120. The summed E-state index contributed by atoms with van der Waals surface area (Å²) in [7, 11) is 3.30. The Morgan fingerprint density at radius 2 is 1.29 bits per heavy atom. The molecule has 0 aromatic heterocycles. The van der Waals surface area contributed by atoms with Gasteiger partial charge in [0, 0.05) is 14.2 Å². The molecule has 0 rings (SSSR count). The van der Waals surface area contributed by atoms with E-state index < -0.39 is 0 Å². The largest absolute Gasteiger partial charge is 0.412 e. The summed E-state index contributed by atoms with van der Waals surface area (Å²) in [4.78, 5) is 0. The van der Waals surface area contributed by atoms with Crippen LogP contribution in [0, 0.1) is 0 Å². The summed E-state index contributed by atoms with van der Waals surface area (Å²) in [6, 6.07) is 0. The highest BCUT2D eigenvalue weighted by molar-refractivity contribution is 4.17. The highest BCUT2D eigenvalue weighted by atomic mass is 16.5. The number of rotatable bonds is 3. The molecule has 3 heteroatoms. The first-order valence-corrected chi connectivity index (χ1v) is 1.89. The van der Waals surface area contributed by atoms with Crippen LogP contribution in [0.2, 0.25) is 0 Å². The molecule has 0 unspecified atom stereocenters. The van der Waals surface area contributed by atoms with Crippen molar-refractivity contribution in [1.29, 1.82) is 0 Å². The summed E-state index contributed by atoms with van der Waals surface area (Å²) >= 11 is 0. The molecule has 0 amide bonds. The zero-order chi connectivity index (χ0) is 4.83. The first-order valence-electron chi connectivity index (χ1n) is 1.89. The van der Waals surface area contributed by atoms with Crippen molar-refractivity contribution in [3.05, 3.63) is 0 Å². The predicted molar refractivity (Wildman–Crippen MR) is 27.4 cm³/mol. The zero-order valence-corrected chi connectivity index (χ0v) is 4.73. The summed E-state index contributed by atoms with van der Waals surface area (Å²) in [6.45, 7) is 1.38. The molecule has 0 radical (unpaired) electrons. The summed E-state index contributed by atoms with van der Waals surface area (Å²) in [5, 5.41) is 0. The number of hydrogen-bond acceptors (Lipinski definition) is 2. The number of ether oxygens (including phenoxy) is 2. The maximum Gasteiger partial charge on any atom is 0.0696 e. The molecule has 0 saturated carbocycles. The summed E-state index contributed by atoms with van der Waals surface area (Å²) in [5.74, 6) is 0. The van der Waals surface area contributed by atoms with Crippen LogP contribution in [-0.2, 0) is 9.47 Å². The summed E-state index contributed by atoms with van der Waals surface area (Å²) in [5.41, 5.74) is 0. The van der Waals surface area contributed by atoms with Gasteiger partial charge in [0.05, 0.1) is 13.2 Å². The topological polar surface area (TPSA) is 50.0 Å². The molecule has 0 aliphatic carbocycles. The highest BCUT2D eigenvalue weighted by Gasteiger charge is 1.73. The highest BCUT2D eigenvalue weighted by Crippen LogP contribution is 1.65. The lowest BCUT2D eigenvalue weighted by molar-refractivity contribution is 0.103. The molecule has 0 aromatic rings. The first-order chi connectivity index (χ1) is 2.91. The van der Waals surface area contributed by atoms with Crippen LogP contribution in [0.4, 0.5) is 0 Å². The number of methoxy groups -OCH3 is 2. The molecule has 2 N–H and O–H groups in total. The van der Waals surface area contributed by atoms with Crippen molar-refractivity contribution in [2.75, 3.05) is 27.4 Å². The molecule has 0 heterocycles. The Balaban J connectivity index is 0. The van der Waals surface area contributed by atoms with E-state index in [1.165, 1.54) is 0 Å². The van der Waals surface area contributed by atoms with Gasteiger partial charge in [0.25, 0.3) is 0 Å². The van der Waals surface area contributed by atoms with E-state index in [1.807, 2.05) is 0 Å². The average Bonchev–Trinajstić information content (AvgIpc) is 1.61. The van der Waals surface area contributed by atoms with Gasteiger partial charge in [0.2, 0.25) is 0 Å². The van der Waals surface area contributed by atoms with Gasteiger partial charge < -0.3 is 14.9 Å². The standard InChI is InChI=1S/C4H10O2.H2O/c1-5-3-4-6-2;/h3-4H2,1-2H3;1H2. The smallest absolute Gasteiger partial charge is 0.0696 e. The lowest BCUT2D eigenvalue weighted by Gasteiger charge is -1.91. The summed E-state index contributed by atoms with van der Waals surface area (Å²) in [6.07, 6.45) is 0. The van der Waals surface area contributed by atoms with Crippen LogP contribution >= 0.6 is 0 Å². The molecule has 3 nitrogen and oxygen atoms in total. The number of hydrogen-bond donors (Lipinski definition) is 0. The zero-order valence-electron chi connectivity index (χ0n) is 4.73. The molecule has 46 valence electrons. The lowest BCUT2D eigenvalue weighted by Crippen LogP contribution is -1.96. The van der Waals surface area contributed by atoms with E-state index in [0.717, 1.165) is 0 Å². The van der Waals surface area contributed by atoms with E-state index in [9.17, 15) is 0 Å². The van der Waals surface area contributed by atoms with Gasteiger partial charge in [-0.05, 0) is 0 Å². The molecular weight excluding hydrogens is 96.0 g/mol. The Morgan fingerprint density at radius 3 is 1.43 bits per heavy atom. The van der Waals surface area contributed by atoms with E-state index in [-0.39, 0.29) is 5.48 Å². The van der Waals surface area contributed by atoms with Crippen LogP contribution in [-0.4, -0.2) is 32.9 Å². The Kier molecular flexibility index (Phi) is 13.3. The molecule has 0 aliphatic rings. The molecule has 0 bridgehead atoms. The minimum Gasteiger partial charge on any atom is -0.412 e. The fourth-order valence-electron chi connectivity index (χ4n) is 0.167. The third-order valence-corrected chi connectivity index (χ3v) is 0.492. The average molecular weight is 108 g/mol. The van der Waals surface area contributed by atoms with E-state index in [2.05, 4.69) is 9.47 Å². The van der Waals surface area contributed by atoms with Gasteiger partial charge in [-0.1, -0.05) is 0 Å². The normalized spacial score (nSPS) is 7.71. The molecule has 7 heavy (non-hydrogen) atoms. The quantitative estimate of drug-likeness (QED) is 0.456. The fraction of sp³-hybridized carbons (Fsp3) is 1.00. The van der Waals surface area contributed by atoms with Gasteiger partial charge in [-0.3, -0.25) is 0 Å². The predicted octanol–water partition coefficient (Wildman–Crippen LogP) is -0.545. The van der Waals surface area contributed by atoms with Crippen LogP contribution in [0.15, 0.2) is 0 Å². The van der Waals surface area contributed by atoms with Crippen LogP contribution < -0.4 is 0 Å². The van der Waals surface area contributed by atoms with Gasteiger partial charge in [-0.2, -0.15) is 0 Å². The van der Waals surface area contributed by atoms with Crippen LogP contribution in [0.25, 0.3) is 0 Å². The first kappa shape index (κ1) is 9.99. The van der Waals surface area contributed by atoms with E-state index in [4.69, 9.17) is 0 Å². The van der Waals surface area contributed by atoms with Crippen molar-refractivity contribution < 1.29 is 14.9 Å². The molecule has 0 spiro atoms. The van der Waals surface area contributed by atoms with E-state index in [0.29, 0.717) is 13.2 Å². The van der Waals surface area contributed by atoms with E-state index in [1.54, 1.807) is 14.2 Å². The van der Waals surface area contributed by atoms with Gasteiger partial charge >= 0.3 is 0 Å². The van der Waals surface area contributed by atoms with Crippen LogP contribution in [0.5, 0.6) is 0 Å². The maximum atomic E-state index is 4.66. The van der Waals surface area contributed by atoms with Gasteiger partial charge in [-0.15, -0.1) is 0 Å². The van der Waals surface area contributed by atoms with E-state index >= 15 is 0 Å². The van der Waals surface area contributed by atoms with Crippen molar-refractivity contribution in [3.63, 3.8) is 0 Å². The van der Waals surface area contributed by atoms with Gasteiger partial charge in [-0.25, -0.2) is 0 Å². The van der Waals surface area contributed by atoms with Crippen LogP contribution in [0.3, 0.4) is 0 Å². The minimum absolute atomic E-state index is 0. The Morgan fingerprint density at radius 1 is 1.00 bits per heavy atom. The third kappa shape index (κ3) is 10.7. The van der Waals surface area contributed by atoms with Crippen molar-refractivity contribution in [1.82, 2.24) is 0 Å². The molecule has 0 saturated heterocycles. The maximum absolute atomic E-state index is 4.66. The lowest BCUT2D eigenvalue weighted by atomic mass is 10.8. The molecule has 0 aliphatic heterocycles. The molecule has 0 fully saturated rings. The second kappa shape index (κ2) is 9.30. The van der Waals surface area contributed by atoms with Crippen molar-refractivity contribution in [2.24, 2.45) is 0 Å². The monoisotopic (exact) mass is 108 g/mol. The Labute approximate surface area is 43.5 Å². The van der Waals surface area contributed by atoms with Gasteiger partial charge in [0.1, 0.15) is 0 Å². The van der Waals surface area contributed by atoms with Crippen molar-refractivity contribution >= 4 is 0 Å². The van der Waals surface area contributed by atoms with Crippen molar-refractivity contribution in [3.8, 4) is 0 Å². The molecule has 0 atom stereocenters. The second-order valence-electron chi connectivity index (χ2n) is 0.986. The molecule has 0 aromatic carbocycles. The minimum atomic E-state index is 0. The second-order valence-corrected chi connectivity index (χ2v) is 0.986. The van der Waals surface area contributed by atoms with Gasteiger partial charge in [0.15, 0.2) is 0 Å². The molecular formula is C4H12O3. The van der Waals surface area contributed by atoms with Crippen LogP contribution in [0.1, 0.15) is 0 Å². The summed E-state index contributed by atoms with van der Waals surface area (Å²) < 4.78 is 9.31. The SMILES string of the molecule is COCCOC.O.